The van der Waals surface area contributed by atoms with Gasteiger partial charge in [0.05, 0.1) is 18.0 Å². The average Bonchev–Trinajstić information content (AvgIpc) is 3.21. The Morgan fingerprint density at radius 2 is 2.04 bits per heavy atom. The number of hydrogen-bond donors (Lipinski definition) is 0. The molecule has 0 radical (unpaired) electrons. The Kier molecular flexibility index (Phi) is 5.53. The largest absolute Gasteiger partial charge is 0.381 e. The number of carbonyl (C=O) groups is 1. The van der Waals surface area contributed by atoms with Crippen LogP contribution in [0, 0.1) is 19.8 Å². The van der Waals surface area contributed by atoms with Crippen molar-refractivity contribution in [2.75, 3.05) is 26.3 Å². The molecule has 0 spiro atoms. The number of aromatic nitrogens is 2. The lowest BCUT2D eigenvalue weighted by atomic mass is 10.1. The molecule has 2 aromatic rings. The Morgan fingerprint density at radius 1 is 1.28 bits per heavy atom. The number of ether oxygens (including phenoxy) is 1. The van der Waals surface area contributed by atoms with E-state index < -0.39 is 0 Å². The minimum Gasteiger partial charge on any atom is -0.381 e. The minimum atomic E-state index is 0.109. The van der Waals surface area contributed by atoms with E-state index in [9.17, 15) is 4.79 Å². The molecule has 1 atom stereocenters. The SMILES string of the molecule is CCCOCC1CCN(C(=O)c2ccc(-n3nc(C)cc3C)cc2)C1. The Morgan fingerprint density at radius 3 is 2.68 bits per heavy atom. The molecular formula is C20H27N3O2. The van der Waals surface area contributed by atoms with Crippen molar-refractivity contribution in [3.05, 3.63) is 47.3 Å². The van der Waals surface area contributed by atoms with Crippen LogP contribution in [0.2, 0.25) is 0 Å². The number of likely N-dealkylation sites (tertiary alicyclic amines) is 1. The van der Waals surface area contributed by atoms with E-state index in [1.54, 1.807) is 0 Å². The molecule has 134 valence electrons. The number of hydrogen-bond acceptors (Lipinski definition) is 3. The van der Waals surface area contributed by atoms with Gasteiger partial charge in [-0.3, -0.25) is 4.79 Å². The predicted octanol–water partition coefficient (Wildman–Crippen LogP) is 3.38. The maximum atomic E-state index is 12.7. The van der Waals surface area contributed by atoms with Crippen molar-refractivity contribution in [1.82, 2.24) is 14.7 Å². The van der Waals surface area contributed by atoms with E-state index in [2.05, 4.69) is 12.0 Å². The zero-order valence-electron chi connectivity index (χ0n) is 15.4. The van der Waals surface area contributed by atoms with Crippen LogP contribution >= 0.6 is 0 Å². The summed E-state index contributed by atoms with van der Waals surface area (Å²) in [5.41, 5.74) is 3.80. The highest BCUT2D eigenvalue weighted by Crippen LogP contribution is 2.20. The summed E-state index contributed by atoms with van der Waals surface area (Å²) in [6.45, 7) is 9.30. The van der Waals surface area contributed by atoms with Gasteiger partial charge in [0.1, 0.15) is 0 Å². The molecular weight excluding hydrogens is 314 g/mol. The molecule has 1 aromatic carbocycles. The molecule has 0 aliphatic carbocycles. The Labute approximate surface area is 149 Å². The molecule has 1 aromatic heterocycles. The van der Waals surface area contributed by atoms with E-state index in [0.717, 1.165) is 61.8 Å². The summed E-state index contributed by atoms with van der Waals surface area (Å²) >= 11 is 0. The van der Waals surface area contributed by atoms with Gasteiger partial charge in [-0.25, -0.2) is 4.68 Å². The molecule has 3 rings (SSSR count). The lowest BCUT2D eigenvalue weighted by Gasteiger charge is -2.17. The fourth-order valence-electron chi connectivity index (χ4n) is 3.37. The minimum absolute atomic E-state index is 0.109. The quantitative estimate of drug-likeness (QED) is 0.757. The van der Waals surface area contributed by atoms with E-state index in [4.69, 9.17) is 4.74 Å². The van der Waals surface area contributed by atoms with Gasteiger partial charge in [0.15, 0.2) is 0 Å². The second kappa shape index (κ2) is 7.83. The molecule has 25 heavy (non-hydrogen) atoms. The van der Waals surface area contributed by atoms with Crippen molar-refractivity contribution in [3.8, 4) is 5.69 Å². The van der Waals surface area contributed by atoms with Gasteiger partial charge in [0.2, 0.25) is 0 Å². The van der Waals surface area contributed by atoms with Crippen LogP contribution in [0.3, 0.4) is 0 Å². The predicted molar refractivity (Wildman–Crippen MR) is 98.2 cm³/mol. The van der Waals surface area contributed by atoms with Gasteiger partial charge in [-0.05, 0) is 57.0 Å². The van der Waals surface area contributed by atoms with Crippen LogP contribution in [-0.4, -0.2) is 46.9 Å². The average molecular weight is 341 g/mol. The van der Waals surface area contributed by atoms with Crippen molar-refractivity contribution < 1.29 is 9.53 Å². The molecule has 0 saturated carbocycles. The molecule has 0 N–H and O–H groups in total. The Balaban J connectivity index is 1.62. The van der Waals surface area contributed by atoms with Crippen molar-refractivity contribution in [2.24, 2.45) is 5.92 Å². The smallest absolute Gasteiger partial charge is 0.253 e. The summed E-state index contributed by atoms with van der Waals surface area (Å²) in [7, 11) is 0. The van der Waals surface area contributed by atoms with Crippen LogP contribution in [-0.2, 0) is 4.74 Å². The third kappa shape index (κ3) is 4.10. The molecule has 1 fully saturated rings. The Hall–Kier alpha value is -2.14. The molecule has 1 saturated heterocycles. The standard InChI is InChI=1S/C20H27N3O2/c1-4-11-25-14-17-9-10-22(13-17)20(24)18-5-7-19(8-6-18)23-16(3)12-15(2)21-23/h5-8,12,17H,4,9-11,13-14H2,1-3H3. The summed E-state index contributed by atoms with van der Waals surface area (Å²) < 4.78 is 7.53. The molecule has 5 nitrogen and oxygen atoms in total. The first-order valence-corrected chi connectivity index (χ1v) is 9.09. The fourth-order valence-corrected chi connectivity index (χ4v) is 3.37. The van der Waals surface area contributed by atoms with E-state index in [-0.39, 0.29) is 5.91 Å². The Bertz CT molecular complexity index is 721. The van der Waals surface area contributed by atoms with Gasteiger partial charge in [-0.2, -0.15) is 5.10 Å². The normalized spacial score (nSPS) is 17.2. The van der Waals surface area contributed by atoms with Gasteiger partial charge in [0, 0.05) is 36.9 Å². The lowest BCUT2D eigenvalue weighted by Crippen LogP contribution is -2.29. The van der Waals surface area contributed by atoms with E-state index >= 15 is 0 Å². The first kappa shape index (κ1) is 17.7. The van der Waals surface area contributed by atoms with Crippen LogP contribution in [0.15, 0.2) is 30.3 Å². The van der Waals surface area contributed by atoms with E-state index in [0.29, 0.717) is 5.92 Å². The van der Waals surface area contributed by atoms with Crippen LogP contribution < -0.4 is 0 Å². The first-order chi connectivity index (χ1) is 12.1. The number of benzene rings is 1. The van der Waals surface area contributed by atoms with Crippen LogP contribution in [0.1, 0.15) is 41.5 Å². The monoisotopic (exact) mass is 341 g/mol. The van der Waals surface area contributed by atoms with Gasteiger partial charge in [-0.1, -0.05) is 6.92 Å². The zero-order chi connectivity index (χ0) is 17.8. The summed E-state index contributed by atoms with van der Waals surface area (Å²) in [5, 5.41) is 4.49. The van der Waals surface area contributed by atoms with Gasteiger partial charge >= 0.3 is 0 Å². The first-order valence-electron chi connectivity index (χ1n) is 9.09. The number of carbonyl (C=O) groups excluding carboxylic acids is 1. The number of aryl methyl sites for hydroxylation is 2. The summed E-state index contributed by atoms with van der Waals surface area (Å²) in [4.78, 5) is 14.6. The molecule has 5 heteroatoms. The van der Waals surface area contributed by atoms with Gasteiger partial charge in [-0.15, -0.1) is 0 Å². The molecule has 2 heterocycles. The van der Waals surface area contributed by atoms with Gasteiger partial charge < -0.3 is 9.64 Å². The van der Waals surface area contributed by atoms with Crippen molar-refractivity contribution in [2.45, 2.75) is 33.6 Å². The van der Waals surface area contributed by atoms with Crippen LogP contribution in [0.25, 0.3) is 5.69 Å². The maximum Gasteiger partial charge on any atom is 0.253 e. The highest BCUT2D eigenvalue weighted by atomic mass is 16.5. The lowest BCUT2D eigenvalue weighted by molar-refractivity contribution is 0.0754. The number of rotatable bonds is 6. The summed E-state index contributed by atoms with van der Waals surface area (Å²) in [6.07, 6.45) is 2.07. The second-order valence-electron chi connectivity index (χ2n) is 6.87. The van der Waals surface area contributed by atoms with Crippen LogP contribution in [0.5, 0.6) is 0 Å². The topological polar surface area (TPSA) is 47.4 Å². The summed E-state index contributed by atoms with van der Waals surface area (Å²) in [6, 6.07) is 9.77. The molecule has 1 aliphatic rings. The highest BCUT2D eigenvalue weighted by molar-refractivity contribution is 5.94. The van der Waals surface area contributed by atoms with E-state index in [1.807, 2.05) is 53.8 Å². The third-order valence-electron chi connectivity index (χ3n) is 4.64. The molecule has 0 bridgehead atoms. The highest BCUT2D eigenvalue weighted by Gasteiger charge is 2.27. The van der Waals surface area contributed by atoms with Crippen LogP contribution in [0.4, 0.5) is 0 Å². The summed E-state index contributed by atoms with van der Waals surface area (Å²) in [5.74, 6) is 0.572. The fraction of sp³-hybridized carbons (Fsp3) is 0.500. The van der Waals surface area contributed by atoms with E-state index in [1.165, 1.54) is 0 Å². The molecule has 1 unspecified atom stereocenters. The van der Waals surface area contributed by atoms with Gasteiger partial charge in [0.25, 0.3) is 5.91 Å². The van der Waals surface area contributed by atoms with Crippen molar-refractivity contribution in [1.29, 1.82) is 0 Å². The second-order valence-corrected chi connectivity index (χ2v) is 6.87. The number of amides is 1. The maximum absolute atomic E-state index is 12.7. The number of nitrogens with zero attached hydrogens (tertiary/aromatic N) is 3. The van der Waals surface area contributed by atoms with Crippen molar-refractivity contribution in [3.63, 3.8) is 0 Å². The third-order valence-corrected chi connectivity index (χ3v) is 4.64. The molecule has 1 aliphatic heterocycles. The van der Waals surface area contributed by atoms with Crippen molar-refractivity contribution >= 4 is 5.91 Å². The molecule has 1 amide bonds. The zero-order valence-corrected chi connectivity index (χ0v) is 15.4.